The highest BCUT2D eigenvalue weighted by molar-refractivity contribution is 7.91. The van der Waals surface area contributed by atoms with E-state index < -0.39 is 9.84 Å². The molecule has 0 spiro atoms. The molecule has 0 unspecified atom stereocenters. The van der Waals surface area contributed by atoms with E-state index in [1.54, 1.807) is 12.1 Å². The second kappa shape index (κ2) is 8.10. The van der Waals surface area contributed by atoms with Crippen LogP contribution in [0.4, 0.5) is 5.69 Å². The Hall–Kier alpha value is -2.05. The number of unbranched alkanes of at least 4 members (excludes halogenated alkanes) is 1. The maximum absolute atomic E-state index is 12.2. The van der Waals surface area contributed by atoms with Crippen LogP contribution in [0.25, 0.3) is 0 Å². The van der Waals surface area contributed by atoms with E-state index >= 15 is 0 Å². The largest absolute Gasteiger partial charge is 0.494 e. The summed E-state index contributed by atoms with van der Waals surface area (Å²) in [5.41, 5.74) is 1.90. The van der Waals surface area contributed by atoms with Crippen LogP contribution in [-0.2, 0) is 21.1 Å². The first-order chi connectivity index (χ1) is 12.4. The van der Waals surface area contributed by atoms with Gasteiger partial charge >= 0.3 is 0 Å². The molecule has 1 aliphatic heterocycles. The molecule has 0 saturated carbocycles. The first-order valence-electron chi connectivity index (χ1n) is 8.48. The zero-order chi connectivity index (χ0) is 18.6. The molecular formula is C19H20ClNO4S. The number of sulfone groups is 1. The number of benzene rings is 2. The Morgan fingerprint density at radius 1 is 1.04 bits per heavy atom. The molecule has 1 N–H and O–H groups in total. The standard InChI is InChI=1S/C19H20ClNO4S/c20-15-5-8-17(9-6-15)26(23,24)12-2-1-11-25-16-7-3-14-4-10-19(22)21-18(14)13-16/h3,5-9,13H,1-2,4,10-12H2,(H,21,22). The molecule has 2 aromatic carbocycles. The molecule has 0 aliphatic carbocycles. The fourth-order valence-corrected chi connectivity index (χ4v) is 4.28. The van der Waals surface area contributed by atoms with Gasteiger partial charge < -0.3 is 10.1 Å². The third-order valence-corrected chi connectivity index (χ3v) is 6.29. The van der Waals surface area contributed by atoms with Crippen LogP contribution in [0, 0.1) is 0 Å². The van der Waals surface area contributed by atoms with Gasteiger partial charge in [-0.1, -0.05) is 17.7 Å². The van der Waals surface area contributed by atoms with Crippen molar-refractivity contribution >= 4 is 33.0 Å². The Labute approximate surface area is 158 Å². The zero-order valence-corrected chi connectivity index (χ0v) is 15.8. The summed E-state index contributed by atoms with van der Waals surface area (Å²) in [6, 6.07) is 11.8. The first-order valence-corrected chi connectivity index (χ1v) is 10.5. The summed E-state index contributed by atoms with van der Waals surface area (Å²) < 4.78 is 30.2. The number of ether oxygens (including phenoxy) is 1. The van der Waals surface area contributed by atoms with E-state index in [4.69, 9.17) is 16.3 Å². The molecular weight excluding hydrogens is 374 g/mol. The highest BCUT2D eigenvalue weighted by Gasteiger charge is 2.16. The number of hydrogen-bond donors (Lipinski definition) is 1. The molecule has 0 saturated heterocycles. The summed E-state index contributed by atoms with van der Waals surface area (Å²) in [5.74, 6) is 0.756. The number of carbonyl (C=O) groups is 1. The number of rotatable bonds is 7. The van der Waals surface area contributed by atoms with Gasteiger partial charge in [0.1, 0.15) is 5.75 Å². The second-order valence-corrected chi connectivity index (χ2v) is 8.74. The van der Waals surface area contributed by atoms with Crippen molar-refractivity contribution in [1.82, 2.24) is 0 Å². The average Bonchev–Trinajstić information content (AvgIpc) is 2.61. The Morgan fingerprint density at radius 2 is 1.81 bits per heavy atom. The lowest BCUT2D eigenvalue weighted by Gasteiger charge is -2.17. The van der Waals surface area contributed by atoms with E-state index in [1.165, 1.54) is 12.1 Å². The first kappa shape index (κ1) is 18.7. The van der Waals surface area contributed by atoms with Crippen LogP contribution in [0.1, 0.15) is 24.8 Å². The van der Waals surface area contributed by atoms with Crippen molar-refractivity contribution < 1.29 is 17.9 Å². The van der Waals surface area contributed by atoms with Gasteiger partial charge in [-0.3, -0.25) is 4.79 Å². The van der Waals surface area contributed by atoms with Crippen molar-refractivity contribution in [2.45, 2.75) is 30.6 Å². The highest BCUT2D eigenvalue weighted by atomic mass is 35.5. The number of halogens is 1. The van der Waals surface area contributed by atoms with Crippen molar-refractivity contribution in [3.63, 3.8) is 0 Å². The number of carbonyl (C=O) groups excluding carboxylic acids is 1. The van der Waals surface area contributed by atoms with E-state index in [2.05, 4.69) is 5.32 Å². The number of anilines is 1. The molecule has 7 heteroatoms. The molecule has 138 valence electrons. The SMILES string of the molecule is O=C1CCc2ccc(OCCCCS(=O)(=O)c3ccc(Cl)cc3)cc2N1. The summed E-state index contributed by atoms with van der Waals surface area (Å²) in [4.78, 5) is 11.7. The summed E-state index contributed by atoms with van der Waals surface area (Å²) in [7, 11) is -3.30. The van der Waals surface area contributed by atoms with Crippen LogP contribution in [0.3, 0.4) is 0 Å². The van der Waals surface area contributed by atoms with Crippen LogP contribution in [0.2, 0.25) is 5.02 Å². The van der Waals surface area contributed by atoms with E-state index in [0.717, 1.165) is 17.7 Å². The number of hydrogen-bond acceptors (Lipinski definition) is 4. The molecule has 0 aromatic heterocycles. The van der Waals surface area contributed by atoms with E-state index in [-0.39, 0.29) is 16.6 Å². The molecule has 1 amide bonds. The van der Waals surface area contributed by atoms with Crippen LogP contribution >= 0.6 is 11.6 Å². The molecule has 3 rings (SSSR count). The number of aryl methyl sites for hydroxylation is 1. The Morgan fingerprint density at radius 3 is 2.58 bits per heavy atom. The van der Waals surface area contributed by atoms with Crippen molar-refractivity contribution in [3.8, 4) is 5.75 Å². The van der Waals surface area contributed by atoms with Gasteiger partial charge in [0.15, 0.2) is 9.84 Å². The molecule has 1 heterocycles. The van der Waals surface area contributed by atoms with Gasteiger partial charge in [0.05, 0.1) is 17.3 Å². The summed E-state index contributed by atoms with van der Waals surface area (Å²) in [5, 5.41) is 3.35. The Kier molecular flexibility index (Phi) is 5.84. The van der Waals surface area contributed by atoms with Crippen molar-refractivity contribution in [1.29, 1.82) is 0 Å². The molecule has 26 heavy (non-hydrogen) atoms. The minimum Gasteiger partial charge on any atom is -0.494 e. The van der Waals surface area contributed by atoms with Crippen LogP contribution < -0.4 is 10.1 Å². The smallest absolute Gasteiger partial charge is 0.224 e. The third-order valence-electron chi connectivity index (χ3n) is 4.23. The molecule has 1 aliphatic rings. The molecule has 0 atom stereocenters. The van der Waals surface area contributed by atoms with Gasteiger partial charge in [-0.25, -0.2) is 8.42 Å². The summed E-state index contributed by atoms with van der Waals surface area (Å²) in [6.45, 7) is 0.420. The lowest BCUT2D eigenvalue weighted by molar-refractivity contribution is -0.116. The molecule has 5 nitrogen and oxygen atoms in total. The minimum absolute atomic E-state index is 0.0158. The third kappa shape index (κ3) is 4.77. The molecule has 0 radical (unpaired) electrons. The Bertz CT molecular complexity index is 894. The van der Waals surface area contributed by atoms with Gasteiger partial charge in [-0.2, -0.15) is 0 Å². The lowest BCUT2D eigenvalue weighted by Crippen LogP contribution is -2.18. The van der Waals surface area contributed by atoms with Gasteiger partial charge in [-0.15, -0.1) is 0 Å². The fourth-order valence-electron chi connectivity index (χ4n) is 2.78. The number of fused-ring (bicyclic) bond motifs is 1. The average molecular weight is 394 g/mol. The summed E-state index contributed by atoms with van der Waals surface area (Å²) >= 11 is 5.78. The topological polar surface area (TPSA) is 72.5 Å². The van der Waals surface area contributed by atoms with Crippen molar-refractivity contribution in [3.05, 3.63) is 53.1 Å². The van der Waals surface area contributed by atoms with Crippen LogP contribution in [0.15, 0.2) is 47.4 Å². The maximum Gasteiger partial charge on any atom is 0.224 e. The van der Waals surface area contributed by atoms with Crippen molar-refractivity contribution in [2.24, 2.45) is 0 Å². The minimum atomic E-state index is -3.30. The van der Waals surface area contributed by atoms with Gasteiger partial charge in [0.25, 0.3) is 0 Å². The number of amides is 1. The lowest BCUT2D eigenvalue weighted by atomic mass is 10.0. The van der Waals surface area contributed by atoms with Crippen LogP contribution in [-0.4, -0.2) is 26.7 Å². The Balaban J connectivity index is 1.46. The molecule has 2 aromatic rings. The molecule has 0 bridgehead atoms. The van der Waals surface area contributed by atoms with E-state index in [9.17, 15) is 13.2 Å². The number of nitrogens with one attached hydrogen (secondary N) is 1. The van der Waals surface area contributed by atoms with Gasteiger partial charge in [-0.05, 0) is 55.2 Å². The monoisotopic (exact) mass is 393 g/mol. The zero-order valence-electron chi connectivity index (χ0n) is 14.2. The predicted octanol–water partition coefficient (Wildman–Crippen LogP) is 3.86. The van der Waals surface area contributed by atoms with Gasteiger partial charge in [0.2, 0.25) is 5.91 Å². The summed E-state index contributed by atoms with van der Waals surface area (Å²) in [6.07, 6.45) is 2.38. The van der Waals surface area contributed by atoms with Crippen LogP contribution in [0.5, 0.6) is 5.75 Å². The predicted molar refractivity (Wildman–Crippen MR) is 102 cm³/mol. The quantitative estimate of drug-likeness (QED) is 0.725. The van der Waals surface area contributed by atoms with E-state index in [1.807, 2.05) is 18.2 Å². The normalized spacial score (nSPS) is 13.8. The maximum atomic E-state index is 12.2. The fraction of sp³-hybridized carbons (Fsp3) is 0.316. The van der Waals surface area contributed by atoms with E-state index in [0.29, 0.717) is 36.6 Å². The van der Waals surface area contributed by atoms with Gasteiger partial charge in [0, 0.05) is 23.2 Å². The highest BCUT2D eigenvalue weighted by Crippen LogP contribution is 2.27. The second-order valence-electron chi connectivity index (χ2n) is 6.20. The van der Waals surface area contributed by atoms with Crippen molar-refractivity contribution in [2.75, 3.05) is 17.7 Å². The molecule has 0 fully saturated rings.